The van der Waals surface area contributed by atoms with Gasteiger partial charge in [0.2, 0.25) is 0 Å². The summed E-state index contributed by atoms with van der Waals surface area (Å²) in [5.41, 5.74) is 5.53. The van der Waals surface area contributed by atoms with Crippen molar-refractivity contribution in [1.82, 2.24) is 15.1 Å². The van der Waals surface area contributed by atoms with Crippen LogP contribution in [0, 0.1) is 11.8 Å². The lowest BCUT2D eigenvalue weighted by Gasteiger charge is -2.50. The van der Waals surface area contributed by atoms with Crippen LogP contribution >= 0.6 is 0 Å². The largest absolute Gasteiger partial charge is 0.496 e. The van der Waals surface area contributed by atoms with Gasteiger partial charge in [0.1, 0.15) is 5.75 Å². The normalized spacial score (nSPS) is 23.6. The smallest absolute Gasteiger partial charge is 0.317 e. The van der Waals surface area contributed by atoms with E-state index in [0.717, 1.165) is 81.4 Å². The molecule has 228 valence electrons. The molecule has 0 saturated carbocycles. The van der Waals surface area contributed by atoms with Crippen molar-refractivity contribution >= 4 is 12.3 Å². The lowest BCUT2D eigenvalue weighted by Crippen LogP contribution is -2.56. The van der Waals surface area contributed by atoms with Crippen molar-refractivity contribution in [3.8, 4) is 17.2 Å². The molecule has 3 aliphatic heterocycles. The Morgan fingerprint density at radius 1 is 0.952 bits per heavy atom. The second-order valence-electron chi connectivity index (χ2n) is 12.0. The van der Waals surface area contributed by atoms with Gasteiger partial charge in [-0.3, -0.25) is 9.69 Å². The number of hydrogen-bond acceptors (Lipinski definition) is 6. The number of amides is 2. The van der Waals surface area contributed by atoms with Gasteiger partial charge in [-0.1, -0.05) is 26.7 Å². The molecule has 0 bridgehead atoms. The number of rotatable bonds is 9. The maximum absolute atomic E-state index is 13.8. The molecule has 1 saturated heterocycles. The Balaban J connectivity index is 1.53. The van der Waals surface area contributed by atoms with E-state index in [2.05, 4.69) is 41.1 Å². The second-order valence-corrected chi connectivity index (χ2v) is 12.0. The fraction of sp³-hybridized carbons (Fsp3) is 0.588. The third kappa shape index (κ3) is 5.83. The van der Waals surface area contributed by atoms with Crippen molar-refractivity contribution in [2.75, 3.05) is 47.5 Å². The Morgan fingerprint density at radius 3 is 2.36 bits per heavy atom. The average molecular weight is 578 g/mol. The van der Waals surface area contributed by atoms with Crippen LogP contribution in [0.2, 0.25) is 0 Å². The Labute approximate surface area is 250 Å². The van der Waals surface area contributed by atoms with Gasteiger partial charge < -0.3 is 24.4 Å². The minimum absolute atomic E-state index is 0.0246. The van der Waals surface area contributed by atoms with E-state index in [4.69, 9.17) is 14.2 Å². The third-order valence-corrected chi connectivity index (χ3v) is 9.90. The fourth-order valence-corrected chi connectivity index (χ4v) is 7.59. The number of benzene rings is 2. The first-order valence-corrected chi connectivity index (χ1v) is 15.6. The van der Waals surface area contributed by atoms with Crippen LogP contribution < -0.4 is 19.5 Å². The van der Waals surface area contributed by atoms with Gasteiger partial charge in [0.15, 0.2) is 17.8 Å². The highest BCUT2D eigenvalue weighted by molar-refractivity contribution is 5.80. The number of unbranched alkanes of at least 4 members (excludes halogenated alkanes) is 1. The van der Waals surface area contributed by atoms with Crippen LogP contribution in [0.1, 0.15) is 78.2 Å². The molecule has 5 rings (SSSR count). The molecule has 0 radical (unpaired) electrons. The van der Waals surface area contributed by atoms with E-state index >= 15 is 0 Å². The number of urea groups is 1. The molecule has 2 aromatic rings. The summed E-state index contributed by atoms with van der Waals surface area (Å²) in [4.78, 5) is 30.4. The van der Waals surface area contributed by atoms with Crippen molar-refractivity contribution in [3.63, 3.8) is 0 Å². The number of aldehydes is 1. The summed E-state index contributed by atoms with van der Waals surface area (Å²) in [6, 6.07) is 8.66. The number of carbonyl (C=O) groups excluding carboxylic acids is 2. The zero-order valence-electron chi connectivity index (χ0n) is 25.9. The van der Waals surface area contributed by atoms with Crippen molar-refractivity contribution in [2.24, 2.45) is 11.8 Å². The highest BCUT2D eigenvalue weighted by atomic mass is 16.5. The Morgan fingerprint density at radius 2 is 1.67 bits per heavy atom. The molecule has 0 spiro atoms. The van der Waals surface area contributed by atoms with Crippen LogP contribution in [0.3, 0.4) is 0 Å². The topological polar surface area (TPSA) is 80.3 Å². The molecule has 3 heterocycles. The first-order valence-electron chi connectivity index (χ1n) is 15.6. The number of hydrogen-bond donors (Lipinski definition) is 1. The monoisotopic (exact) mass is 577 g/mol. The number of nitrogens with one attached hydrogen (secondary N) is 1. The summed E-state index contributed by atoms with van der Waals surface area (Å²) in [7, 11) is 5.01. The van der Waals surface area contributed by atoms with Crippen LogP contribution in [0.15, 0.2) is 24.3 Å². The van der Waals surface area contributed by atoms with E-state index in [-0.39, 0.29) is 18.1 Å². The van der Waals surface area contributed by atoms with E-state index in [1.54, 1.807) is 21.3 Å². The van der Waals surface area contributed by atoms with Gasteiger partial charge in [0.25, 0.3) is 0 Å². The first kappa shape index (κ1) is 30.2. The van der Waals surface area contributed by atoms with Crippen molar-refractivity contribution < 1.29 is 23.8 Å². The van der Waals surface area contributed by atoms with Crippen LogP contribution in [-0.4, -0.2) is 75.7 Å². The fourth-order valence-electron chi connectivity index (χ4n) is 7.59. The predicted molar refractivity (Wildman–Crippen MR) is 164 cm³/mol. The standard InChI is InChI=1S/C34H47N3O5/c1-6-8-11-35-34(39)37-13-10-23-14-26(21-38)31(40-3)17-25(23)15-30(37)27-18-29-28-19-33(42-5)32(41-4)16-24(28)9-12-36(29)20-22(27)7-2/h14,16-17,19,21-22,27,29-30H,6-13,15,18,20H2,1-5H3,(H,35,39). The van der Waals surface area contributed by atoms with Gasteiger partial charge in [-0.2, -0.15) is 0 Å². The summed E-state index contributed by atoms with van der Waals surface area (Å²) in [5.74, 6) is 2.94. The van der Waals surface area contributed by atoms with E-state index in [0.29, 0.717) is 36.2 Å². The molecule has 1 N–H and O–H groups in total. The summed E-state index contributed by atoms with van der Waals surface area (Å²) >= 11 is 0. The van der Waals surface area contributed by atoms with Crippen LogP contribution in [0.5, 0.6) is 17.2 Å². The zero-order valence-corrected chi connectivity index (χ0v) is 25.9. The van der Waals surface area contributed by atoms with Gasteiger partial charge in [0.05, 0.1) is 26.9 Å². The summed E-state index contributed by atoms with van der Waals surface area (Å²) in [6.07, 6.45) is 7.37. The number of ether oxygens (including phenoxy) is 3. The highest BCUT2D eigenvalue weighted by Crippen LogP contribution is 2.47. The Kier molecular flexibility index (Phi) is 9.61. The van der Waals surface area contributed by atoms with Crippen LogP contribution in [0.4, 0.5) is 4.79 Å². The maximum Gasteiger partial charge on any atom is 0.317 e. The number of piperidine rings is 1. The maximum atomic E-state index is 13.8. The molecule has 0 aliphatic carbocycles. The number of methoxy groups -OCH3 is 3. The van der Waals surface area contributed by atoms with Gasteiger partial charge in [-0.15, -0.1) is 0 Å². The molecule has 3 aliphatic rings. The Bertz CT molecular complexity index is 1280. The number of fused-ring (bicyclic) bond motifs is 4. The summed E-state index contributed by atoms with van der Waals surface area (Å²) in [5, 5.41) is 3.22. The molecule has 4 unspecified atom stereocenters. The molecule has 4 atom stereocenters. The lowest BCUT2D eigenvalue weighted by atomic mass is 9.71. The van der Waals surface area contributed by atoms with Crippen molar-refractivity contribution in [3.05, 3.63) is 52.1 Å². The predicted octanol–water partition coefficient (Wildman–Crippen LogP) is 5.45. The molecular formula is C34H47N3O5. The highest BCUT2D eigenvalue weighted by Gasteiger charge is 2.45. The first-order chi connectivity index (χ1) is 20.5. The van der Waals surface area contributed by atoms with Crippen molar-refractivity contribution in [2.45, 2.75) is 70.9 Å². The van der Waals surface area contributed by atoms with E-state index in [9.17, 15) is 9.59 Å². The van der Waals surface area contributed by atoms with Crippen LogP contribution in [0.25, 0.3) is 0 Å². The summed E-state index contributed by atoms with van der Waals surface area (Å²) in [6.45, 7) is 7.78. The molecule has 8 nitrogen and oxygen atoms in total. The lowest BCUT2D eigenvalue weighted by molar-refractivity contribution is 0.0133. The van der Waals surface area contributed by atoms with E-state index in [1.807, 2.05) is 12.1 Å². The minimum Gasteiger partial charge on any atom is -0.496 e. The average Bonchev–Trinajstić information content (AvgIpc) is 3.21. The van der Waals surface area contributed by atoms with E-state index < -0.39 is 0 Å². The zero-order chi connectivity index (χ0) is 29.8. The SMILES string of the molecule is CCCCNC(=O)N1CCc2cc(C=O)c(OC)cc2CC1C1CC2c3cc(OC)c(OC)cc3CCN2CC1CC. The Hall–Kier alpha value is -3.26. The number of carbonyl (C=O) groups is 2. The molecule has 2 amide bonds. The number of nitrogens with zero attached hydrogens (tertiary/aromatic N) is 2. The molecule has 8 heteroatoms. The minimum atomic E-state index is 0.0246. The molecule has 2 aromatic carbocycles. The van der Waals surface area contributed by atoms with Gasteiger partial charge in [-0.25, -0.2) is 4.79 Å². The van der Waals surface area contributed by atoms with Crippen molar-refractivity contribution in [1.29, 1.82) is 0 Å². The summed E-state index contributed by atoms with van der Waals surface area (Å²) < 4.78 is 17.0. The molecule has 42 heavy (non-hydrogen) atoms. The van der Waals surface area contributed by atoms with E-state index in [1.165, 1.54) is 16.7 Å². The third-order valence-electron chi connectivity index (χ3n) is 9.90. The quantitative estimate of drug-likeness (QED) is 0.316. The van der Waals surface area contributed by atoms with Gasteiger partial charge in [0, 0.05) is 38.3 Å². The van der Waals surface area contributed by atoms with Gasteiger partial charge in [-0.05, 0) is 90.5 Å². The molecule has 0 aromatic heterocycles. The van der Waals surface area contributed by atoms with Gasteiger partial charge >= 0.3 is 6.03 Å². The van der Waals surface area contributed by atoms with Crippen LogP contribution in [-0.2, 0) is 19.3 Å². The molecular weight excluding hydrogens is 530 g/mol. The molecule has 1 fully saturated rings. The second kappa shape index (κ2) is 13.4.